The van der Waals surface area contributed by atoms with E-state index in [1.54, 1.807) is 18.2 Å². The molecule has 1 heterocycles. The molecule has 5 nitrogen and oxygen atoms in total. The van der Waals surface area contributed by atoms with Crippen molar-refractivity contribution in [2.75, 3.05) is 5.32 Å². The predicted molar refractivity (Wildman–Crippen MR) is 104 cm³/mol. The largest absolute Gasteiger partial charge is 0.346 e. The van der Waals surface area contributed by atoms with Gasteiger partial charge in [0.05, 0.1) is 0 Å². The van der Waals surface area contributed by atoms with Gasteiger partial charge in [0, 0.05) is 22.9 Å². The van der Waals surface area contributed by atoms with Crippen LogP contribution in [0.4, 0.5) is 15.9 Å². The Morgan fingerprint density at radius 3 is 2.37 bits per heavy atom. The van der Waals surface area contributed by atoms with Gasteiger partial charge in [-0.1, -0.05) is 36.4 Å². The van der Waals surface area contributed by atoms with Gasteiger partial charge < -0.3 is 10.6 Å². The van der Waals surface area contributed by atoms with Crippen LogP contribution < -0.4 is 10.6 Å². The van der Waals surface area contributed by atoms with Crippen molar-refractivity contribution >= 4 is 17.4 Å². The second-order valence-corrected chi connectivity index (χ2v) is 7.17. The van der Waals surface area contributed by atoms with Gasteiger partial charge in [0.25, 0.3) is 5.91 Å². The summed E-state index contributed by atoms with van der Waals surface area (Å²) in [5, 5.41) is 5.94. The van der Waals surface area contributed by atoms with E-state index in [9.17, 15) is 9.18 Å². The summed E-state index contributed by atoms with van der Waals surface area (Å²) in [5.41, 5.74) is 1.16. The first-order chi connectivity index (χ1) is 12.8. The Balaban J connectivity index is 2.01. The van der Waals surface area contributed by atoms with Gasteiger partial charge in [-0.15, -0.1) is 0 Å². The highest BCUT2D eigenvalue weighted by atomic mass is 19.1. The van der Waals surface area contributed by atoms with E-state index in [1.807, 2.05) is 51.1 Å². The van der Waals surface area contributed by atoms with Crippen molar-refractivity contribution in [3.63, 3.8) is 0 Å². The van der Waals surface area contributed by atoms with Crippen LogP contribution in [0.2, 0.25) is 0 Å². The smallest absolute Gasteiger partial charge is 0.270 e. The topological polar surface area (TPSA) is 66.9 Å². The second-order valence-electron chi connectivity index (χ2n) is 7.17. The minimum absolute atomic E-state index is 0.234. The summed E-state index contributed by atoms with van der Waals surface area (Å²) < 4.78 is 13.5. The van der Waals surface area contributed by atoms with Gasteiger partial charge in [-0.25, -0.2) is 14.4 Å². The number of benzene rings is 2. The molecule has 0 aliphatic rings. The van der Waals surface area contributed by atoms with Crippen LogP contribution in [0.5, 0.6) is 0 Å². The SMILES string of the molecule is CC(C)(C)NC(=O)c1cc(Nc2cccc(F)c2)nc(-c2ccccc2)n1. The molecule has 0 atom stereocenters. The Hall–Kier alpha value is -3.28. The van der Waals surface area contributed by atoms with E-state index in [0.29, 0.717) is 17.3 Å². The first-order valence-electron chi connectivity index (χ1n) is 8.60. The summed E-state index contributed by atoms with van der Waals surface area (Å²) in [4.78, 5) is 21.5. The first kappa shape index (κ1) is 18.5. The van der Waals surface area contributed by atoms with Crippen LogP contribution in [0.15, 0.2) is 60.7 Å². The molecule has 2 N–H and O–H groups in total. The number of carbonyl (C=O) groups excluding carboxylic acids is 1. The van der Waals surface area contributed by atoms with E-state index in [4.69, 9.17) is 0 Å². The highest BCUT2D eigenvalue weighted by Gasteiger charge is 2.18. The third-order valence-electron chi connectivity index (χ3n) is 3.58. The van der Waals surface area contributed by atoms with Gasteiger partial charge in [-0.3, -0.25) is 4.79 Å². The standard InChI is InChI=1S/C21H21FN4O/c1-21(2,3)26-20(27)17-13-18(23-16-11-7-10-15(22)12-16)25-19(24-17)14-8-5-4-6-9-14/h4-13H,1-3H3,(H,26,27)(H,23,24,25). The zero-order valence-electron chi connectivity index (χ0n) is 15.5. The number of anilines is 2. The number of nitrogens with zero attached hydrogens (tertiary/aromatic N) is 2. The van der Waals surface area contributed by atoms with Gasteiger partial charge >= 0.3 is 0 Å². The molecular weight excluding hydrogens is 343 g/mol. The summed E-state index contributed by atoms with van der Waals surface area (Å²) in [6.45, 7) is 5.70. The van der Waals surface area contributed by atoms with Crippen LogP contribution in [0, 0.1) is 5.82 Å². The van der Waals surface area contributed by atoms with Crippen molar-refractivity contribution < 1.29 is 9.18 Å². The molecule has 0 bridgehead atoms. The Morgan fingerprint density at radius 2 is 1.70 bits per heavy atom. The van der Waals surface area contributed by atoms with Gasteiger partial charge in [0.1, 0.15) is 17.3 Å². The number of rotatable bonds is 4. The van der Waals surface area contributed by atoms with Gasteiger partial charge in [0.15, 0.2) is 5.82 Å². The number of amides is 1. The first-order valence-corrected chi connectivity index (χ1v) is 8.60. The third kappa shape index (κ3) is 5.10. The maximum absolute atomic E-state index is 13.5. The lowest BCUT2D eigenvalue weighted by molar-refractivity contribution is 0.0914. The molecule has 3 aromatic rings. The molecule has 1 amide bonds. The Labute approximate surface area is 157 Å². The number of nitrogens with one attached hydrogen (secondary N) is 2. The lowest BCUT2D eigenvalue weighted by Crippen LogP contribution is -2.41. The van der Waals surface area contributed by atoms with Crippen molar-refractivity contribution in [1.82, 2.24) is 15.3 Å². The molecule has 6 heteroatoms. The fourth-order valence-electron chi connectivity index (χ4n) is 2.46. The fraction of sp³-hybridized carbons (Fsp3) is 0.190. The average molecular weight is 364 g/mol. The quantitative estimate of drug-likeness (QED) is 0.712. The van der Waals surface area contributed by atoms with Crippen molar-refractivity contribution in [3.05, 3.63) is 72.2 Å². The van der Waals surface area contributed by atoms with Crippen molar-refractivity contribution in [2.24, 2.45) is 0 Å². The molecular formula is C21H21FN4O. The van der Waals surface area contributed by atoms with Crippen LogP contribution in [-0.2, 0) is 0 Å². The van der Waals surface area contributed by atoms with E-state index in [-0.39, 0.29) is 17.4 Å². The van der Waals surface area contributed by atoms with Gasteiger partial charge in [-0.05, 0) is 39.0 Å². The van der Waals surface area contributed by atoms with E-state index in [0.717, 1.165) is 5.56 Å². The number of hydrogen-bond donors (Lipinski definition) is 2. The molecule has 0 unspecified atom stereocenters. The van der Waals surface area contributed by atoms with Gasteiger partial charge in [0.2, 0.25) is 0 Å². The number of carbonyl (C=O) groups is 1. The fourth-order valence-corrected chi connectivity index (χ4v) is 2.46. The number of hydrogen-bond acceptors (Lipinski definition) is 4. The maximum atomic E-state index is 13.5. The minimum Gasteiger partial charge on any atom is -0.346 e. The zero-order chi connectivity index (χ0) is 19.4. The predicted octanol–water partition coefficient (Wildman–Crippen LogP) is 4.55. The van der Waals surface area contributed by atoms with E-state index < -0.39 is 5.54 Å². The lowest BCUT2D eigenvalue weighted by Gasteiger charge is -2.20. The highest BCUT2D eigenvalue weighted by Crippen LogP contribution is 2.21. The van der Waals surface area contributed by atoms with Crippen LogP contribution in [-0.4, -0.2) is 21.4 Å². The van der Waals surface area contributed by atoms with Crippen LogP contribution in [0.3, 0.4) is 0 Å². The van der Waals surface area contributed by atoms with E-state index in [2.05, 4.69) is 20.6 Å². The molecule has 138 valence electrons. The third-order valence-corrected chi connectivity index (χ3v) is 3.58. The summed E-state index contributed by atoms with van der Waals surface area (Å²) in [6.07, 6.45) is 0. The number of halogens is 1. The second kappa shape index (κ2) is 7.53. The molecule has 0 aliphatic heterocycles. The Kier molecular flexibility index (Phi) is 5.16. The summed E-state index contributed by atoms with van der Waals surface area (Å²) in [6, 6.07) is 17.0. The zero-order valence-corrected chi connectivity index (χ0v) is 15.5. The Morgan fingerprint density at radius 1 is 0.963 bits per heavy atom. The summed E-state index contributed by atoms with van der Waals surface area (Å²) in [5.74, 6) is 0.164. The normalized spacial score (nSPS) is 11.1. The number of aromatic nitrogens is 2. The monoisotopic (exact) mass is 364 g/mol. The molecule has 27 heavy (non-hydrogen) atoms. The average Bonchev–Trinajstić information content (AvgIpc) is 2.61. The molecule has 1 aromatic heterocycles. The van der Waals surface area contributed by atoms with Crippen LogP contribution >= 0.6 is 0 Å². The molecule has 0 spiro atoms. The summed E-state index contributed by atoms with van der Waals surface area (Å²) in [7, 11) is 0. The van der Waals surface area contributed by atoms with Crippen LogP contribution in [0.25, 0.3) is 11.4 Å². The lowest BCUT2D eigenvalue weighted by atomic mass is 10.1. The molecule has 2 aromatic carbocycles. The molecule has 0 saturated carbocycles. The van der Waals surface area contributed by atoms with Crippen molar-refractivity contribution in [2.45, 2.75) is 26.3 Å². The molecule has 0 saturated heterocycles. The molecule has 0 fully saturated rings. The molecule has 3 rings (SSSR count). The molecule has 0 aliphatic carbocycles. The molecule has 0 radical (unpaired) electrons. The highest BCUT2D eigenvalue weighted by molar-refractivity contribution is 5.94. The maximum Gasteiger partial charge on any atom is 0.270 e. The summed E-state index contributed by atoms with van der Waals surface area (Å²) >= 11 is 0. The van der Waals surface area contributed by atoms with Crippen molar-refractivity contribution in [1.29, 1.82) is 0 Å². The van der Waals surface area contributed by atoms with E-state index in [1.165, 1.54) is 12.1 Å². The van der Waals surface area contributed by atoms with E-state index >= 15 is 0 Å². The minimum atomic E-state index is -0.398. The van der Waals surface area contributed by atoms with Gasteiger partial charge in [-0.2, -0.15) is 0 Å². The van der Waals surface area contributed by atoms with Crippen LogP contribution in [0.1, 0.15) is 31.3 Å². The Bertz CT molecular complexity index is 952. The van der Waals surface area contributed by atoms with Crippen molar-refractivity contribution in [3.8, 4) is 11.4 Å².